The number of nitrogens with zero attached hydrogens (tertiary/aromatic N) is 4. The number of carbonyl (C=O) groups excluding carboxylic acids is 2. The lowest BCUT2D eigenvalue weighted by molar-refractivity contribution is -0.140. The van der Waals surface area contributed by atoms with E-state index in [2.05, 4.69) is 6.07 Å². The molecule has 3 saturated heterocycles. The molecule has 0 aromatic heterocycles. The number of likely N-dealkylation sites (tertiary alicyclic amines) is 3. The van der Waals surface area contributed by atoms with E-state index < -0.39 is 22.1 Å². The summed E-state index contributed by atoms with van der Waals surface area (Å²) in [5.74, 6) is -0.246. The summed E-state index contributed by atoms with van der Waals surface area (Å²) in [5.41, 5.74) is 7.01. The molecule has 4 rings (SSSR count). The van der Waals surface area contributed by atoms with Crippen LogP contribution in [-0.4, -0.2) is 78.7 Å². The molecule has 0 spiro atoms. The van der Waals surface area contributed by atoms with Crippen molar-refractivity contribution < 1.29 is 18.0 Å². The van der Waals surface area contributed by atoms with E-state index in [0.29, 0.717) is 25.9 Å². The highest BCUT2D eigenvalue weighted by atomic mass is 32.2. The van der Waals surface area contributed by atoms with Crippen molar-refractivity contribution in [2.45, 2.75) is 61.3 Å². The van der Waals surface area contributed by atoms with Crippen LogP contribution in [0.4, 0.5) is 0 Å². The number of hydrogen-bond acceptors (Lipinski definition) is 7. The number of carbonyl (C=O) groups is 2. The minimum Gasteiger partial charge on any atom is -0.330 e. The first-order valence-corrected chi connectivity index (χ1v) is 12.3. The average molecular weight is 461 g/mol. The molecular formula is C21H28N6O4S. The lowest BCUT2D eigenvalue weighted by Gasteiger charge is -2.38. The molecule has 4 N–H and O–H groups in total. The van der Waals surface area contributed by atoms with Crippen molar-refractivity contribution in [3.63, 3.8) is 0 Å². The van der Waals surface area contributed by atoms with Crippen LogP contribution in [0.25, 0.3) is 0 Å². The summed E-state index contributed by atoms with van der Waals surface area (Å²) >= 11 is 0. The summed E-state index contributed by atoms with van der Waals surface area (Å²) in [6.45, 7) is 3.37. The second-order valence-electron chi connectivity index (χ2n) is 8.82. The zero-order valence-electron chi connectivity index (χ0n) is 17.9. The Bertz CT molecular complexity index is 1050. The Kier molecular flexibility index (Phi) is 5.98. The lowest BCUT2D eigenvalue weighted by Crippen LogP contribution is -2.56. The third-order valence-electron chi connectivity index (χ3n) is 6.86. The molecule has 1 aromatic carbocycles. The van der Waals surface area contributed by atoms with Gasteiger partial charge in [-0.05, 0) is 43.9 Å². The molecule has 172 valence electrons. The third kappa shape index (κ3) is 3.99. The largest absolute Gasteiger partial charge is 0.330 e. The van der Waals surface area contributed by atoms with Crippen LogP contribution in [-0.2, 0) is 19.6 Å². The molecule has 3 aliphatic heterocycles. The molecule has 11 heteroatoms. The van der Waals surface area contributed by atoms with Crippen LogP contribution in [0.15, 0.2) is 29.2 Å². The average Bonchev–Trinajstić information content (AvgIpc) is 3.46. The number of sulfonamides is 1. The van der Waals surface area contributed by atoms with Crippen LogP contribution in [0.1, 0.15) is 37.8 Å². The summed E-state index contributed by atoms with van der Waals surface area (Å²) in [7, 11) is -3.77. The first kappa shape index (κ1) is 22.7. The van der Waals surface area contributed by atoms with Gasteiger partial charge in [-0.15, -0.1) is 0 Å². The molecule has 2 bridgehead atoms. The van der Waals surface area contributed by atoms with Gasteiger partial charge in [0.25, 0.3) is 0 Å². The fourth-order valence-electron chi connectivity index (χ4n) is 5.20. The van der Waals surface area contributed by atoms with Gasteiger partial charge in [-0.1, -0.05) is 12.1 Å². The number of nitrogens with two attached hydrogens (primary N) is 2. The van der Waals surface area contributed by atoms with Crippen molar-refractivity contribution in [2.75, 3.05) is 19.6 Å². The molecule has 10 nitrogen and oxygen atoms in total. The zero-order chi connectivity index (χ0) is 23.2. The van der Waals surface area contributed by atoms with Gasteiger partial charge in [0, 0.05) is 25.7 Å². The summed E-state index contributed by atoms with van der Waals surface area (Å²) in [4.78, 5) is 31.2. The summed E-state index contributed by atoms with van der Waals surface area (Å²) in [5, 5.41) is 14.4. The Balaban J connectivity index is 1.40. The fraction of sp³-hybridized carbons (Fsp3) is 0.571. The van der Waals surface area contributed by atoms with Crippen LogP contribution in [0.3, 0.4) is 0 Å². The summed E-state index contributed by atoms with van der Waals surface area (Å²) < 4.78 is 22.9. The highest BCUT2D eigenvalue weighted by Gasteiger charge is 2.51. The highest BCUT2D eigenvalue weighted by Crippen LogP contribution is 2.38. The van der Waals surface area contributed by atoms with Gasteiger partial charge in [0.05, 0.1) is 29.1 Å². The maximum absolute atomic E-state index is 13.1. The topological polar surface area (TPSA) is 154 Å². The molecule has 1 aromatic rings. The van der Waals surface area contributed by atoms with Crippen LogP contribution >= 0.6 is 0 Å². The van der Waals surface area contributed by atoms with E-state index in [-0.39, 0.29) is 41.4 Å². The predicted octanol–water partition coefficient (Wildman–Crippen LogP) is -0.478. The van der Waals surface area contributed by atoms with Crippen LogP contribution in [0.2, 0.25) is 0 Å². The summed E-state index contributed by atoms with van der Waals surface area (Å²) in [6.07, 6.45) is 2.14. The van der Waals surface area contributed by atoms with Crippen molar-refractivity contribution in [1.29, 1.82) is 5.26 Å². The van der Waals surface area contributed by atoms with E-state index in [9.17, 15) is 23.3 Å². The number of benzene rings is 1. The smallest absolute Gasteiger partial charge is 0.241 e. The summed E-state index contributed by atoms with van der Waals surface area (Å²) in [6, 6.07) is 6.69. The zero-order valence-corrected chi connectivity index (χ0v) is 18.7. The van der Waals surface area contributed by atoms with Crippen molar-refractivity contribution in [2.24, 2.45) is 10.9 Å². The number of nitriles is 1. The van der Waals surface area contributed by atoms with E-state index in [1.54, 1.807) is 17.0 Å². The van der Waals surface area contributed by atoms with Crippen LogP contribution in [0.5, 0.6) is 0 Å². The maximum Gasteiger partial charge on any atom is 0.241 e. The number of amides is 2. The highest BCUT2D eigenvalue weighted by molar-refractivity contribution is 7.89. The van der Waals surface area contributed by atoms with Gasteiger partial charge in [0.1, 0.15) is 6.04 Å². The minimum absolute atomic E-state index is 0.00126. The fourth-order valence-corrected chi connectivity index (χ4v) is 5.72. The van der Waals surface area contributed by atoms with Crippen molar-refractivity contribution in [1.82, 2.24) is 14.7 Å². The number of hydrogen-bond donors (Lipinski definition) is 2. The SMILES string of the molecule is C[C@@H](c1ccc(S(N)(=O)=O)cc1)N1C(=O)C2C[C@H]1CN2CC(N)C(=O)N1CCCC1C#N. The van der Waals surface area contributed by atoms with Gasteiger partial charge in [0.2, 0.25) is 21.8 Å². The Morgan fingerprint density at radius 2 is 2.00 bits per heavy atom. The molecule has 0 radical (unpaired) electrons. The van der Waals surface area contributed by atoms with Gasteiger partial charge in [0.15, 0.2) is 0 Å². The standard InChI is InChI=1S/C21H28N6O4S/c1-13(14-4-6-17(7-5-14)32(24,30)31)27-16-9-19(21(27)29)25(11-16)12-18(23)20(28)26-8-2-3-15(26)10-22/h4-7,13,15-16,18-19H,2-3,8-9,11-12,23H2,1H3,(H2,24,30,31)/t13-,15?,16-,18?,19?/m0/s1. The van der Waals surface area contributed by atoms with Crippen molar-refractivity contribution >= 4 is 21.8 Å². The molecular weight excluding hydrogens is 432 g/mol. The first-order valence-electron chi connectivity index (χ1n) is 10.8. The Hall–Kier alpha value is -2.52. The van der Waals surface area contributed by atoms with E-state index in [1.807, 2.05) is 16.7 Å². The lowest BCUT2D eigenvalue weighted by atomic mass is 10.1. The molecule has 0 saturated carbocycles. The van der Waals surface area contributed by atoms with E-state index in [4.69, 9.17) is 10.9 Å². The van der Waals surface area contributed by atoms with Crippen LogP contribution < -0.4 is 10.9 Å². The first-order chi connectivity index (χ1) is 15.1. The molecule has 5 atom stereocenters. The van der Waals surface area contributed by atoms with Gasteiger partial charge >= 0.3 is 0 Å². The second-order valence-corrected chi connectivity index (χ2v) is 10.4. The molecule has 2 amide bonds. The maximum atomic E-state index is 13.1. The molecule has 3 aliphatic rings. The second kappa shape index (κ2) is 8.44. The molecule has 0 aliphatic carbocycles. The number of piperazine rings is 1. The van der Waals surface area contributed by atoms with E-state index >= 15 is 0 Å². The van der Waals surface area contributed by atoms with Gasteiger partial charge in [-0.2, -0.15) is 5.26 Å². The minimum atomic E-state index is -3.77. The normalized spacial score (nSPS) is 27.6. The number of rotatable bonds is 6. The van der Waals surface area contributed by atoms with Gasteiger partial charge < -0.3 is 15.5 Å². The van der Waals surface area contributed by atoms with Gasteiger partial charge in [-0.25, -0.2) is 13.6 Å². The predicted molar refractivity (Wildman–Crippen MR) is 115 cm³/mol. The molecule has 3 fully saturated rings. The van der Waals surface area contributed by atoms with E-state index in [0.717, 1.165) is 12.0 Å². The quantitative estimate of drug-likeness (QED) is 0.581. The number of fused-ring (bicyclic) bond motifs is 2. The van der Waals surface area contributed by atoms with Gasteiger partial charge in [-0.3, -0.25) is 14.5 Å². The monoisotopic (exact) mass is 460 g/mol. The number of primary sulfonamides is 1. The Morgan fingerprint density at radius 3 is 2.59 bits per heavy atom. The molecule has 3 heterocycles. The Labute approximate surface area is 187 Å². The van der Waals surface area contributed by atoms with Crippen LogP contribution in [0, 0.1) is 11.3 Å². The van der Waals surface area contributed by atoms with Crippen molar-refractivity contribution in [3.05, 3.63) is 29.8 Å². The molecule has 32 heavy (non-hydrogen) atoms. The molecule has 3 unspecified atom stereocenters. The Morgan fingerprint density at radius 1 is 1.31 bits per heavy atom. The van der Waals surface area contributed by atoms with Crippen molar-refractivity contribution in [3.8, 4) is 6.07 Å². The third-order valence-corrected chi connectivity index (χ3v) is 7.79. The van der Waals surface area contributed by atoms with E-state index in [1.165, 1.54) is 12.1 Å².